The summed E-state index contributed by atoms with van der Waals surface area (Å²) >= 11 is 0. The molecule has 7 nitrogen and oxygen atoms in total. The van der Waals surface area contributed by atoms with Crippen molar-refractivity contribution >= 4 is 17.9 Å². The highest BCUT2D eigenvalue weighted by Gasteiger charge is 2.37. The summed E-state index contributed by atoms with van der Waals surface area (Å²) in [6.07, 6.45) is 1.52. The van der Waals surface area contributed by atoms with Gasteiger partial charge >= 0.3 is 12.0 Å². The largest absolute Gasteiger partial charge is 0.481 e. The number of carboxylic acid groups (broad SMARTS) is 1. The zero-order valence-corrected chi connectivity index (χ0v) is 12.6. The third kappa shape index (κ3) is 3.65. The molecule has 2 heterocycles. The minimum absolute atomic E-state index is 0.00799. The van der Waals surface area contributed by atoms with Crippen LogP contribution in [0.5, 0.6) is 0 Å². The fraction of sp³-hybridized carbons (Fsp3) is 0.786. The van der Waals surface area contributed by atoms with Crippen molar-refractivity contribution in [1.82, 2.24) is 14.7 Å². The van der Waals surface area contributed by atoms with Gasteiger partial charge < -0.3 is 19.8 Å². The van der Waals surface area contributed by atoms with Gasteiger partial charge in [-0.2, -0.15) is 0 Å². The highest BCUT2D eigenvalue weighted by atomic mass is 16.4. The number of aliphatic carboxylic acids is 1. The summed E-state index contributed by atoms with van der Waals surface area (Å²) in [6.45, 7) is 2.34. The van der Waals surface area contributed by atoms with E-state index in [0.717, 1.165) is 0 Å². The molecule has 2 aliphatic heterocycles. The molecular weight excluding hydrogens is 274 g/mol. The van der Waals surface area contributed by atoms with Gasteiger partial charge in [-0.1, -0.05) is 0 Å². The van der Waals surface area contributed by atoms with Crippen molar-refractivity contribution in [3.63, 3.8) is 0 Å². The summed E-state index contributed by atoms with van der Waals surface area (Å²) in [5, 5.41) is 8.70. The highest BCUT2D eigenvalue weighted by Crippen LogP contribution is 2.26. The molecule has 0 aromatic rings. The molecular formula is C14H23N3O4. The molecule has 0 spiro atoms. The molecule has 1 N–H and O–H groups in total. The fourth-order valence-corrected chi connectivity index (χ4v) is 2.98. The second-order valence-corrected chi connectivity index (χ2v) is 6.15. The number of amides is 3. The second kappa shape index (κ2) is 6.32. The van der Waals surface area contributed by atoms with Gasteiger partial charge in [0.1, 0.15) is 0 Å². The molecule has 0 atom stereocenters. The van der Waals surface area contributed by atoms with Crippen molar-refractivity contribution in [2.24, 2.45) is 11.8 Å². The summed E-state index contributed by atoms with van der Waals surface area (Å²) in [7, 11) is 3.45. The lowest BCUT2D eigenvalue weighted by Gasteiger charge is -2.42. The SMILES string of the molecule is CN(C)C(=O)N1CCC(C(=O)N2CC(CC(=O)O)C2)CC1. The Labute approximate surface area is 124 Å². The lowest BCUT2D eigenvalue weighted by atomic mass is 9.90. The topological polar surface area (TPSA) is 81.2 Å². The monoisotopic (exact) mass is 297 g/mol. The smallest absolute Gasteiger partial charge is 0.319 e. The van der Waals surface area contributed by atoms with Crippen LogP contribution in [-0.4, -0.2) is 78.0 Å². The van der Waals surface area contributed by atoms with Crippen LogP contribution in [0.25, 0.3) is 0 Å². The Kier molecular flexibility index (Phi) is 4.69. The number of piperidine rings is 1. The van der Waals surface area contributed by atoms with Crippen molar-refractivity contribution in [2.75, 3.05) is 40.3 Å². The number of rotatable bonds is 3. The van der Waals surface area contributed by atoms with Crippen LogP contribution in [0.1, 0.15) is 19.3 Å². The second-order valence-electron chi connectivity index (χ2n) is 6.15. The van der Waals surface area contributed by atoms with Crippen molar-refractivity contribution in [2.45, 2.75) is 19.3 Å². The Hall–Kier alpha value is -1.79. The first-order valence-electron chi connectivity index (χ1n) is 7.35. The van der Waals surface area contributed by atoms with E-state index in [9.17, 15) is 14.4 Å². The molecule has 0 aromatic heterocycles. The number of urea groups is 1. The molecule has 2 aliphatic rings. The van der Waals surface area contributed by atoms with Gasteiger partial charge in [-0.05, 0) is 12.8 Å². The molecule has 2 fully saturated rings. The third-order valence-corrected chi connectivity index (χ3v) is 4.23. The van der Waals surface area contributed by atoms with Crippen molar-refractivity contribution < 1.29 is 19.5 Å². The van der Waals surface area contributed by atoms with E-state index in [1.807, 2.05) is 0 Å². The number of carbonyl (C=O) groups excluding carboxylic acids is 2. The van der Waals surface area contributed by atoms with Gasteiger partial charge in [-0.25, -0.2) is 4.79 Å². The number of carboxylic acids is 1. The average Bonchev–Trinajstić information content (AvgIpc) is 2.40. The van der Waals surface area contributed by atoms with E-state index >= 15 is 0 Å². The standard InChI is InChI=1S/C14H23N3O4/c1-15(2)14(21)16-5-3-11(4-6-16)13(20)17-8-10(9-17)7-12(18)19/h10-11H,3-9H2,1-2H3,(H,18,19). The summed E-state index contributed by atoms with van der Waals surface area (Å²) in [6, 6.07) is -0.00799. The zero-order valence-electron chi connectivity index (χ0n) is 12.6. The van der Waals surface area contributed by atoms with Gasteiger partial charge in [0.25, 0.3) is 0 Å². The molecule has 2 rings (SSSR count). The van der Waals surface area contributed by atoms with Crippen LogP contribution in [0.3, 0.4) is 0 Å². The third-order valence-electron chi connectivity index (χ3n) is 4.23. The predicted molar refractivity (Wildman–Crippen MR) is 75.7 cm³/mol. The molecule has 118 valence electrons. The Morgan fingerprint density at radius 3 is 2.14 bits per heavy atom. The molecule has 21 heavy (non-hydrogen) atoms. The van der Waals surface area contributed by atoms with E-state index in [-0.39, 0.29) is 30.2 Å². The zero-order chi connectivity index (χ0) is 15.6. The van der Waals surface area contributed by atoms with Crippen LogP contribution in [0.4, 0.5) is 4.79 Å². The number of nitrogens with zero attached hydrogens (tertiary/aromatic N) is 3. The van der Waals surface area contributed by atoms with Gasteiger partial charge in [0.05, 0.1) is 6.42 Å². The van der Waals surface area contributed by atoms with Crippen molar-refractivity contribution in [3.05, 3.63) is 0 Å². The van der Waals surface area contributed by atoms with Crippen LogP contribution in [0, 0.1) is 11.8 Å². The molecule has 7 heteroatoms. The summed E-state index contributed by atoms with van der Waals surface area (Å²) in [4.78, 5) is 39.8. The van der Waals surface area contributed by atoms with E-state index in [0.29, 0.717) is 39.0 Å². The molecule has 0 aromatic carbocycles. The van der Waals surface area contributed by atoms with Crippen LogP contribution < -0.4 is 0 Å². The summed E-state index contributed by atoms with van der Waals surface area (Å²) in [5.41, 5.74) is 0. The van der Waals surface area contributed by atoms with E-state index < -0.39 is 5.97 Å². The van der Waals surface area contributed by atoms with E-state index in [1.165, 1.54) is 0 Å². The molecule has 3 amide bonds. The lowest BCUT2D eigenvalue weighted by Crippen LogP contribution is -2.54. The Bertz CT molecular complexity index is 424. The predicted octanol–water partition coefficient (Wildman–Crippen LogP) is 0.313. The molecule has 2 saturated heterocycles. The highest BCUT2D eigenvalue weighted by molar-refractivity contribution is 5.81. The first-order chi connectivity index (χ1) is 9.88. The van der Waals surface area contributed by atoms with Gasteiger partial charge in [0.2, 0.25) is 5.91 Å². The molecule has 0 bridgehead atoms. The normalized spacial score (nSPS) is 20.1. The van der Waals surface area contributed by atoms with Crippen LogP contribution in [0.2, 0.25) is 0 Å². The maximum absolute atomic E-state index is 12.3. The Balaban J connectivity index is 1.74. The number of hydrogen-bond donors (Lipinski definition) is 1. The van der Waals surface area contributed by atoms with Gasteiger partial charge in [0, 0.05) is 52.1 Å². The lowest BCUT2D eigenvalue weighted by molar-refractivity contribution is -0.148. The Morgan fingerprint density at radius 1 is 1.10 bits per heavy atom. The summed E-state index contributed by atoms with van der Waals surface area (Å²) < 4.78 is 0. The molecule has 0 radical (unpaired) electrons. The van der Waals surface area contributed by atoms with Gasteiger partial charge in [0.15, 0.2) is 0 Å². The van der Waals surface area contributed by atoms with E-state index in [2.05, 4.69) is 0 Å². The maximum Gasteiger partial charge on any atom is 0.319 e. The number of likely N-dealkylation sites (tertiary alicyclic amines) is 2. The minimum Gasteiger partial charge on any atom is -0.481 e. The Morgan fingerprint density at radius 2 is 1.67 bits per heavy atom. The van der Waals surface area contributed by atoms with Crippen LogP contribution >= 0.6 is 0 Å². The fourth-order valence-electron chi connectivity index (χ4n) is 2.98. The molecule has 0 aliphatic carbocycles. The van der Waals surface area contributed by atoms with Crippen molar-refractivity contribution in [1.29, 1.82) is 0 Å². The maximum atomic E-state index is 12.3. The first kappa shape index (κ1) is 15.6. The van der Waals surface area contributed by atoms with Crippen LogP contribution in [-0.2, 0) is 9.59 Å². The first-order valence-corrected chi connectivity index (χ1v) is 7.35. The van der Waals surface area contributed by atoms with Gasteiger partial charge in [-0.3, -0.25) is 9.59 Å². The minimum atomic E-state index is -0.803. The number of hydrogen-bond acceptors (Lipinski definition) is 3. The van der Waals surface area contributed by atoms with E-state index in [1.54, 1.807) is 28.8 Å². The molecule has 0 saturated carbocycles. The quantitative estimate of drug-likeness (QED) is 0.813. The number of carbonyl (C=O) groups is 3. The van der Waals surface area contributed by atoms with Crippen LogP contribution in [0.15, 0.2) is 0 Å². The summed E-state index contributed by atoms with van der Waals surface area (Å²) in [5.74, 6) is -0.611. The van der Waals surface area contributed by atoms with Crippen molar-refractivity contribution in [3.8, 4) is 0 Å². The van der Waals surface area contributed by atoms with Gasteiger partial charge in [-0.15, -0.1) is 0 Å². The molecule has 0 unspecified atom stereocenters. The average molecular weight is 297 g/mol. The van der Waals surface area contributed by atoms with E-state index in [4.69, 9.17) is 5.11 Å².